The van der Waals surface area contributed by atoms with Crippen LogP contribution >= 0.6 is 0 Å². The Morgan fingerprint density at radius 3 is 2.53 bits per heavy atom. The maximum Gasteiger partial charge on any atom is 0.273 e. The number of hydrogen-bond acceptors (Lipinski definition) is 4. The molecule has 2 heterocycles. The quantitative estimate of drug-likeness (QED) is 0.422. The number of H-pyrrole nitrogens is 1. The molecule has 1 aromatic heterocycles. The molecule has 0 aliphatic carbocycles. The van der Waals surface area contributed by atoms with E-state index in [1.807, 2.05) is 53.4 Å². The predicted octanol–water partition coefficient (Wildman–Crippen LogP) is 5.61. The van der Waals surface area contributed by atoms with Crippen LogP contribution in [-0.2, 0) is 0 Å². The average Bonchev–Trinajstić information content (AvgIpc) is 3.37. The molecule has 6 heteroatoms. The standard InChI is InChI=1S/C26H31N3O3/c1-4-6-15-29-25(19-13-14-20(21(17-19)31-3)32-16-7-5-2)22-23(18-11-9-8-10-12-18)27-28-24(22)26(29)30/h8-14,17,25H,4-7,15-16H2,1-3H3,(H,27,28). The van der Waals surface area contributed by atoms with E-state index in [1.54, 1.807) is 7.11 Å². The van der Waals surface area contributed by atoms with Crippen LogP contribution in [0.2, 0.25) is 0 Å². The fourth-order valence-corrected chi connectivity index (χ4v) is 4.22. The summed E-state index contributed by atoms with van der Waals surface area (Å²) in [7, 11) is 1.65. The van der Waals surface area contributed by atoms with Crippen molar-refractivity contribution in [3.63, 3.8) is 0 Å². The highest BCUT2D eigenvalue weighted by molar-refractivity contribution is 6.00. The summed E-state index contributed by atoms with van der Waals surface area (Å²) in [5.74, 6) is 1.40. The van der Waals surface area contributed by atoms with Gasteiger partial charge in [-0.25, -0.2) is 0 Å². The van der Waals surface area contributed by atoms with E-state index >= 15 is 0 Å². The second kappa shape index (κ2) is 9.90. The monoisotopic (exact) mass is 433 g/mol. The lowest BCUT2D eigenvalue weighted by molar-refractivity contribution is 0.0741. The smallest absolute Gasteiger partial charge is 0.273 e. The van der Waals surface area contributed by atoms with E-state index in [1.165, 1.54) is 0 Å². The zero-order chi connectivity index (χ0) is 22.5. The summed E-state index contributed by atoms with van der Waals surface area (Å²) >= 11 is 0. The number of aromatic nitrogens is 2. The van der Waals surface area contributed by atoms with Crippen molar-refractivity contribution in [1.29, 1.82) is 0 Å². The predicted molar refractivity (Wildman–Crippen MR) is 125 cm³/mol. The minimum absolute atomic E-state index is 0.00429. The highest BCUT2D eigenvalue weighted by atomic mass is 16.5. The van der Waals surface area contributed by atoms with Crippen molar-refractivity contribution in [2.24, 2.45) is 0 Å². The SMILES string of the molecule is CCCCOc1ccc(C2c3c(-c4ccccc4)n[nH]c3C(=O)N2CCCC)cc1OC. The van der Waals surface area contributed by atoms with Crippen LogP contribution in [0.15, 0.2) is 48.5 Å². The van der Waals surface area contributed by atoms with Crippen LogP contribution in [0, 0.1) is 0 Å². The summed E-state index contributed by atoms with van der Waals surface area (Å²) in [6.07, 6.45) is 4.02. The summed E-state index contributed by atoms with van der Waals surface area (Å²) in [6, 6.07) is 15.8. The number of fused-ring (bicyclic) bond motifs is 1. The Morgan fingerprint density at radius 1 is 1.03 bits per heavy atom. The molecule has 168 valence electrons. The van der Waals surface area contributed by atoms with Gasteiger partial charge in [0.15, 0.2) is 11.5 Å². The van der Waals surface area contributed by atoms with Crippen LogP contribution in [-0.4, -0.2) is 41.3 Å². The second-order valence-electron chi connectivity index (χ2n) is 8.09. The highest BCUT2D eigenvalue weighted by Crippen LogP contribution is 2.44. The molecule has 1 amide bonds. The molecule has 1 aliphatic heterocycles. The lowest BCUT2D eigenvalue weighted by Gasteiger charge is -2.27. The lowest BCUT2D eigenvalue weighted by atomic mass is 9.95. The number of nitrogens with one attached hydrogen (secondary N) is 1. The highest BCUT2D eigenvalue weighted by Gasteiger charge is 2.42. The third-order valence-electron chi connectivity index (χ3n) is 5.92. The maximum absolute atomic E-state index is 13.3. The van der Waals surface area contributed by atoms with E-state index < -0.39 is 0 Å². The van der Waals surface area contributed by atoms with E-state index in [0.29, 0.717) is 24.6 Å². The Morgan fingerprint density at radius 2 is 1.81 bits per heavy atom. The molecule has 1 atom stereocenters. The lowest BCUT2D eigenvalue weighted by Crippen LogP contribution is -2.30. The minimum atomic E-state index is -0.225. The molecule has 1 N–H and O–H groups in total. The van der Waals surface area contributed by atoms with Crippen molar-refractivity contribution >= 4 is 5.91 Å². The number of benzene rings is 2. The van der Waals surface area contributed by atoms with Gasteiger partial charge in [-0.3, -0.25) is 9.89 Å². The maximum atomic E-state index is 13.3. The topological polar surface area (TPSA) is 67.5 Å². The Balaban J connectivity index is 1.77. The molecule has 0 fully saturated rings. The van der Waals surface area contributed by atoms with Crippen molar-refractivity contribution in [2.75, 3.05) is 20.3 Å². The first-order valence-corrected chi connectivity index (χ1v) is 11.4. The van der Waals surface area contributed by atoms with Crippen LogP contribution in [0.25, 0.3) is 11.3 Å². The molecule has 6 nitrogen and oxygen atoms in total. The van der Waals surface area contributed by atoms with Gasteiger partial charge in [-0.1, -0.05) is 63.1 Å². The van der Waals surface area contributed by atoms with Crippen LogP contribution < -0.4 is 9.47 Å². The summed E-state index contributed by atoms with van der Waals surface area (Å²) in [6.45, 7) is 5.62. The number of carbonyl (C=O) groups excluding carboxylic acids is 1. The molecule has 0 saturated carbocycles. The summed E-state index contributed by atoms with van der Waals surface area (Å²) in [5.41, 5.74) is 4.31. The van der Waals surface area contributed by atoms with Gasteiger partial charge in [-0.15, -0.1) is 0 Å². The fourth-order valence-electron chi connectivity index (χ4n) is 4.22. The average molecular weight is 434 g/mol. The van der Waals surface area contributed by atoms with Gasteiger partial charge in [-0.05, 0) is 30.5 Å². The number of aromatic amines is 1. The van der Waals surface area contributed by atoms with Gasteiger partial charge < -0.3 is 14.4 Å². The number of nitrogens with zero attached hydrogens (tertiary/aromatic N) is 2. The van der Waals surface area contributed by atoms with Crippen LogP contribution in [0.1, 0.15) is 67.2 Å². The van der Waals surface area contributed by atoms with Crippen molar-refractivity contribution in [2.45, 2.75) is 45.6 Å². The summed E-state index contributed by atoms with van der Waals surface area (Å²) < 4.78 is 11.6. The van der Waals surface area contributed by atoms with Crippen LogP contribution in [0.3, 0.4) is 0 Å². The Kier molecular flexibility index (Phi) is 6.78. The van der Waals surface area contributed by atoms with E-state index in [-0.39, 0.29) is 11.9 Å². The Labute approximate surface area is 189 Å². The van der Waals surface area contributed by atoms with Crippen molar-refractivity contribution < 1.29 is 14.3 Å². The van der Waals surface area contributed by atoms with E-state index in [0.717, 1.165) is 53.8 Å². The minimum Gasteiger partial charge on any atom is -0.493 e. The molecule has 1 aliphatic rings. The zero-order valence-electron chi connectivity index (χ0n) is 19.1. The normalized spacial score (nSPS) is 15.2. The molecule has 2 aromatic carbocycles. The molecule has 32 heavy (non-hydrogen) atoms. The molecule has 0 saturated heterocycles. The van der Waals surface area contributed by atoms with Crippen molar-refractivity contribution in [1.82, 2.24) is 15.1 Å². The fraction of sp³-hybridized carbons (Fsp3) is 0.385. The molecule has 0 radical (unpaired) electrons. The number of methoxy groups -OCH3 is 1. The van der Waals surface area contributed by atoms with E-state index in [9.17, 15) is 4.79 Å². The summed E-state index contributed by atoms with van der Waals surface area (Å²) in [5, 5.41) is 7.55. The number of ether oxygens (including phenoxy) is 2. The molecular formula is C26H31N3O3. The zero-order valence-corrected chi connectivity index (χ0v) is 19.1. The number of unbranched alkanes of at least 4 members (excludes halogenated alkanes) is 2. The first-order chi connectivity index (χ1) is 15.7. The van der Waals surface area contributed by atoms with Gasteiger partial charge in [0.05, 0.1) is 25.5 Å². The molecule has 4 rings (SSSR count). The van der Waals surface area contributed by atoms with Gasteiger partial charge in [0.1, 0.15) is 5.69 Å². The van der Waals surface area contributed by atoms with Crippen molar-refractivity contribution in [3.8, 4) is 22.8 Å². The third kappa shape index (κ3) is 4.09. The van der Waals surface area contributed by atoms with Crippen LogP contribution in [0.4, 0.5) is 0 Å². The second-order valence-corrected chi connectivity index (χ2v) is 8.09. The number of amides is 1. The number of rotatable bonds is 10. The third-order valence-corrected chi connectivity index (χ3v) is 5.92. The molecular weight excluding hydrogens is 402 g/mol. The Bertz CT molecular complexity index is 1060. The molecule has 0 spiro atoms. The first-order valence-electron chi connectivity index (χ1n) is 11.4. The van der Waals surface area contributed by atoms with Crippen LogP contribution in [0.5, 0.6) is 11.5 Å². The van der Waals surface area contributed by atoms with E-state index in [4.69, 9.17) is 9.47 Å². The molecule has 0 bridgehead atoms. The Hall–Kier alpha value is -3.28. The molecule has 1 unspecified atom stereocenters. The van der Waals surface area contributed by atoms with Gasteiger partial charge >= 0.3 is 0 Å². The van der Waals surface area contributed by atoms with Gasteiger partial charge in [0, 0.05) is 17.7 Å². The molecule has 3 aromatic rings. The van der Waals surface area contributed by atoms with Gasteiger partial charge in [0.25, 0.3) is 5.91 Å². The van der Waals surface area contributed by atoms with E-state index in [2.05, 4.69) is 24.0 Å². The van der Waals surface area contributed by atoms with Gasteiger partial charge in [-0.2, -0.15) is 5.10 Å². The number of hydrogen-bond donors (Lipinski definition) is 1. The largest absolute Gasteiger partial charge is 0.493 e. The summed E-state index contributed by atoms with van der Waals surface area (Å²) in [4.78, 5) is 15.3. The number of carbonyl (C=O) groups is 1. The van der Waals surface area contributed by atoms with Gasteiger partial charge in [0.2, 0.25) is 0 Å². The first kappa shape index (κ1) is 21.9. The van der Waals surface area contributed by atoms with Crippen molar-refractivity contribution in [3.05, 3.63) is 65.4 Å².